The second-order valence-corrected chi connectivity index (χ2v) is 5.78. The molecule has 0 radical (unpaired) electrons. The molecule has 1 fully saturated rings. The molecule has 0 aromatic rings. The molecule has 2 nitrogen and oxygen atoms in total. The van der Waals surface area contributed by atoms with E-state index in [1.54, 1.807) is 0 Å². The van der Waals surface area contributed by atoms with E-state index in [1.165, 1.54) is 25.7 Å². The summed E-state index contributed by atoms with van der Waals surface area (Å²) in [5, 5.41) is 0. The first kappa shape index (κ1) is 12.0. The third kappa shape index (κ3) is 4.43. The van der Waals surface area contributed by atoms with Crippen molar-refractivity contribution < 1.29 is 4.84 Å². The van der Waals surface area contributed by atoms with Crippen LogP contribution in [0.25, 0.3) is 0 Å². The third-order valence-corrected chi connectivity index (χ3v) is 2.87. The lowest BCUT2D eigenvalue weighted by Gasteiger charge is -2.35. The standard InChI is InChI=1S/C12H25NO/c1-10(2)9-14-13-11-6-5-7-12(3,4)8-11/h10-11,13H,5-9H2,1-4H3. The molecule has 0 bridgehead atoms. The summed E-state index contributed by atoms with van der Waals surface area (Å²) < 4.78 is 0. The van der Waals surface area contributed by atoms with Crippen LogP contribution in [0.15, 0.2) is 0 Å². The first-order chi connectivity index (χ1) is 6.49. The van der Waals surface area contributed by atoms with Gasteiger partial charge in [0.1, 0.15) is 0 Å². The Morgan fingerprint density at radius 3 is 2.71 bits per heavy atom. The van der Waals surface area contributed by atoms with Gasteiger partial charge in [0, 0.05) is 6.04 Å². The predicted molar refractivity (Wildman–Crippen MR) is 60.0 cm³/mol. The molecule has 14 heavy (non-hydrogen) atoms. The highest BCUT2D eigenvalue weighted by atomic mass is 16.6. The van der Waals surface area contributed by atoms with Crippen molar-refractivity contribution in [2.45, 2.75) is 59.4 Å². The van der Waals surface area contributed by atoms with E-state index in [-0.39, 0.29) is 0 Å². The van der Waals surface area contributed by atoms with E-state index in [4.69, 9.17) is 4.84 Å². The average molecular weight is 199 g/mol. The summed E-state index contributed by atoms with van der Waals surface area (Å²) in [5.41, 5.74) is 3.71. The van der Waals surface area contributed by atoms with Crippen molar-refractivity contribution in [1.29, 1.82) is 0 Å². The van der Waals surface area contributed by atoms with Gasteiger partial charge in [-0.25, -0.2) is 0 Å². The molecular weight excluding hydrogens is 174 g/mol. The average Bonchev–Trinajstić information content (AvgIpc) is 2.01. The fourth-order valence-corrected chi connectivity index (χ4v) is 2.13. The van der Waals surface area contributed by atoms with Crippen molar-refractivity contribution in [1.82, 2.24) is 5.48 Å². The minimum atomic E-state index is 0.497. The molecular formula is C12H25NO. The Morgan fingerprint density at radius 1 is 1.43 bits per heavy atom. The van der Waals surface area contributed by atoms with Gasteiger partial charge in [-0.2, -0.15) is 5.48 Å². The summed E-state index contributed by atoms with van der Waals surface area (Å²) >= 11 is 0. The topological polar surface area (TPSA) is 21.3 Å². The number of hydroxylamine groups is 1. The highest BCUT2D eigenvalue weighted by molar-refractivity contribution is 4.81. The van der Waals surface area contributed by atoms with Gasteiger partial charge < -0.3 is 4.84 Å². The van der Waals surface area contributed by atoms with Crippen LogP contribution in [0.1, 0.15) is 53.4 Å². The van der Waals surface area contributed by atoms with Crippen molar-refractivity contribution >= 4 is 0 Å². The molecule has 2 heteroatoms. The fourth-order valence-electron chi connectivity index (χ4n) is 2.13. The number of rotatable bonds is 4. The van der Waals surface area contributed by atoms with E-state index < -0.39 is 0 Å². The molecule has 1 N–H and O–H groups in total. The van der Waals surface area contributed by atoms with Gasteiger partial charge in [-0.05, 0) is 30.6 Å². The maximum atomic E-state index is 5.48. The van der Waals surface area contributed by atoms with Gasteiger partial charge in [-0.1, -0.05) is 34.1 Å². The zero-order valence-electron chi connectivity index (χ0n) is 10.1. The molecule has 84 valence electrons. The molecule has 0 heterocycles. The lowest BCUT2D eigenvalue weighted by molar-refractivity contribution is -0.0190. The first-order valence-corrected chi connectivity index (χ1v) is 5.87. The van der Waals surface area contributed by atoms with E-state index in [1.807, 2.05) is 0 Å². The van der Waals surface area contributed by atoms with E-state index in [0.29, 0.717) is 17.4 Å². The van der Waals surface area contributed by atoms with E-state index in [9.17, 15) is 0 Å². The minimum Gasteiger partial charge on any atom is -0.301 e. The molecule has 0 saturated heterocycles. The van der Waals surface area contributed by atoms with Gasteiger partial charge in [-0.15, -0.1) is 0 Å². The predicted octanol–water partition coefficient (Wildman–Crippen LogP) is 3.13. The van der Waals surface area contributed by atoms with Crippen molar-refractivity contribution in [3.05, 3.63) is 0 Å². The quantitative estimate of drug-likeness (QED) is 0.702. The molecule has 0 aliphatic heterocycles. The fraction of sp³-hybridized carbons (Fsp3) is 1.00. The molecule has 0 spiro atoms. The van der Waals surface area contributed by atoms with Crippen LogP contribution in [0.2, 0.25) is 0 Å². The van der Waals surface area contributed by atoms with Crippen molar-refractivity contribution in [3.63, 3.8) is 0 Å². The van der Waals surface area contributed by atoms with Crippen LogP contribution in [0.4, 0.5) is 0 Å². The third-order valence-electron chi connectivity index (χ3n) is 2.87. The van der Waals surface area contributed by atoms with Crippen LogP contribution < -0.4 is 5.48 Å². The molecule has 0 amide bonds. The zero-order valence-corrected chi connectivity index (χ0v) is 10.1. The zero-order chi connectivity index (χ0) is 10.6. The van der Waals surface area contributed by atoms with E-state index in [0.717, 1.165) is 6.61 Å². The lowest BCUT2D eigenvalue weighted by Crippen LogP contribution is -2.37. The normalized spacial score (nSPS) is 26.8. The highest BCUT2D eigenvalue weighted by Gasteiger charge is 2.27. The summed E-state index contributed by atoms with van der Waals surface area (Å²) in [4.78, 5) is 5.48. The molecule has 1 aliphatic rings. The Hall–Kier alpha value is -0.0800. The first-order valence-electron chi connectivity index (χ1n) is 5.87. The number of hydrogen-bond acceptors (Lipinski definition) is 2. The van der Waals surface area contributed by atoms with Gasteiger partial charge in [0.2, 0.25) is 0 Å². The maximum absolute atomic E-state index is 5.48. The number of nitrogens with one attached hydrogen (secondary N) is 1. The van der Waals surface area contributed by atoms with Gasteiger partial charge >= 0.3 is 0 Å². The van der Waals surface area contributed by atoms with Crippen LogP contribution in [-0.4, -0.2) is 12.6 Å². The van der Waals surface area contributed by atoms with Gasteiger partial charge in [0.25, 0.3) is 0 Å². The monoisotopic (exact) mass is 199 g/mol. The smallest absolute Gasteiger partial charge is 0.0705 e. The summed E-state index contributed by atoms with van der Waals surface area (Å²) in [6.45, 7) is 9.86. The summed E-state index contributed by atoms with van der Waals surface area (Å²) in [6, 6.07) is 0.567. The van der Waals surface area contributed by atoms with Crippen molar-refractivity contribution in [2.24, 2.45) is 11.3 Å². The van der Waals surface area contributed by atoms with Gasteiger partial charge in [-0.3, -0.25) is 0 Å². The van der Waals surface area contributed by atoms with Crippen LogP contribution in [0.3, 0.4) is 0 Å². The molecule has 1 aliphatic carbocycles. The Balaban J connectivity index is 2.18. The molecule has 1 unspecified atom stereocenters. The Morgan fingerprint density at radius 2 is 2.14 bits per heavy atom. The van der Waals surface area contributed by atoms with Crippen LogP contribution in [0, 0.1) is 11.3 Å². The largest absolute Gasteiger partial charge is 0.301 e. The number of hydrogen-bond donors (Lipinski definition) is 1. The molecule has 0 aromatic heterocycles. The lowest BCUT2D eigenvalue weighted by atomic mass is 9.75. The molecule has 1 atom stereocenters. The molecule has 1 rings (SSSR count). The van der Waals surface area contributed by atoms with Gasteiger partial charge in [0.15, 0.2) is 0 Å². The molecule has 1 saturated carbocycles. The summed E-state index contributed by atoms with van der Waals surface area (Å²) in [7, 11) is 0. The Kier molecular flexibility index (Phi) is 4.39. The maximum Gasteiger partial charge on any atom is 0.0705 e. The van der Waals surface area contributed by atoms with Crippen LogP contribution in [-0.2, 0) is 4.84 Å². The van der Waals surface area contributed by atoms with Crippen molar-refractivity contribution in [2.75, 3.05) is 6.61 Å². The Bertz CT molecular complexity index is 166. The minimum absolute atomic E-state index is 0.497. The van der Waals surface area contributed by atoms with Crippen molar-refractivity contribution in [3.8, 4) is 0 Å². The summed E-state index contributed by atoms with van der Waals surface area (Å²) in [5.74, 6) is 0.610. The SMILES string of the molecule is CC(C)CONC1CCCC(C)(C)C1. The van der Waals surface area contributed by atoms with Crippen LogP contribution in [0.5, 0.6) is 0 Å². The second kappa shape index (κ2) is 5.13. The van der Waals surface area contributed by atoms with E-state index >= 15 is 0 Å². The summed E-state index contributed by atoms with van der Waals surface area (Å²) in [6.07, 6.45) is 5.19. The van der Waals surface area contributed by atoms with E-state index in [2.05, 4.69) is 33.2 Å². The highest BCUT2D eigenvalue weighted by Crippen LogP contribution is 2.34. The Labute approximate surface area is 88.4 Å². The molecule has 0 aromatic carbocycles. The second-order valence-electron chi connectivity index (χ2n) is 5.78. The van der Waals surface area contributed by atoms with Gasteiger partial charge in [0.05, 0.1) is 6.61 Å². The van der Waals surface area contributed by atoms with Crippen LogP contribution >= 0.6 is 0 Å².